The van der Waals surface area contributed by atoms with Crippen LogP contribution in [0.25, 0.3) is 85.9 Å². The van der Waals surface area contributed by atoms with Gasteiger partial charge in [0.1, 0.15) is 11.2 Å². The molecule has 0 radical (unpaired) electrons. The first-order valence-corrected chi connectivity index (χ1v) is 18.8. The van der Waals surface area contributed by atoms with Crippen molar-refractivity contribution in [2.75, 3.05) is 4.90 Å². The molecule has 0 saturated heterocycles. The van der Waals surface area contributed by atoms with Gasteiger partial charge < -0.3 is 9.32 Å². The van der Waals surface area contributed by atoms with E-state index < -0.39 is 0 Å². The number of rotatable bonds is 5. The number of hydrogen-bond acceptors (Lipinski definition) is 3. The quantitative estimate of drug-likeness (QED) is 0.178. The highest BCUT2D eigenvalue weighted by molar-refractivity contribution is 7.26. The zero-order valence-electron chi connectivity index (χ0n) is 28.7. The van der Waals surface area contributed by atoms with E-state index in [0.717, 1.165) is 44.4 Å². The molecule has 0 aliphatic heterocycles. The normalized spacial score (nSPS) is 11.8. The fraction of sp³-hybridized carbons (Fsp3) is 0. The van der Waals surface area contributed by atoms with Gasteiger partial charge in [-0.3, -0.25) is 0 Å². The van der Waals surface area contributed by atoms with E-state index in [2.05, 4.69) is 193 Å². The maximum atomic E-state index is 6.69. The average Bonchev–Trinajstić information content (AvgIpc) is 3.81. The number of nitrogens with zero attached hydrogens (tertiary/aromatic N) is 1. The van der Waals surface area contributed by atoms with Gasteiger partial charge in [0.15, 0.2) is 0 Å². The van der Waals surface area contributed by atoms with Crippen molar-refractivity contribution in [1.82, 2.24) is 0 Å². The Morgan fingerprint density at radius 2 is 1.00 bits per heavy atom. The van der Waals surface area contributed by atoms with Gasteiger partial charge >= 0.3 is 0 Å². The summed E-state index contributed by atoms with van der Waals surface area (Å²) in [6.07, 6.45) is 0. The van der Waals surface area contributed by atoms with Crippen LogP contribution in [-0.2, 0) is 0 Å². The summed E-state index contributed by atoms with van der Waals surface area (Å²) in [4.78, 5) is 2.43. The Morgan fingerprint density at radius 3 is 1.87 bits per heavy atom. The van der Waals surface area contributed by atoms with Gasteiger partial charge in [-0.15, -0.1) is 11.3 Å². The summed E-state index contributed by atoms with van der Waals surface area (Å²) in [6, 6.07) is 68.0. The second-order valence-corrected chi connectivity index (χ2v) is 14.8. The van der Waals surface area contributed by atoms with Crippen molar-refractivity contribution in [1.29, 1.82) is 0 Å². The third kappa shape index (κ3) is 4.86. The lowest BCUT2D eigenvalue weighted by Gasteiger charge is -2.27. The minimum absolute atomic E-state index is 0.878. The van der Waals surface area contributed by atoms with Crippen LogP contribution in [0.15, 0.2) is 192 Å². The topological polar surface area (TPSA) is 16.4 Å². The zero-order valence-corrected chi connectivity index (χ0v) is 29.5. The number of hydrogen-bond donors (Lipinski definition) is 0. The van der Waals surface area contributed by atoms with Crippen molar-refractivity contribution in [2.45, 2.75) is 0 Å². The molecule has 0 saturated carbocycles. The molecule has 0 atom stereocenters. The largest absolute Gasteiger partial charge is 0.455 e. The van der Waals surface area contributed by atoms with Gasteiger partial charge in [-0.2, -0.15) is 0 Å². The molecule has 0 fully saturated rings. The van der Waals surface area contributed by atoms with E-state index in [-0.39, 0.29) is 0 Å². The summed E-state index contributed by atoms with van der Waals surface area (Å²) >= 11 is 1.85. The average molecular weight is 694 g/mol. The molecule has 3 heteroatoms. The fourth-order valence-electron chi connectivity index (χ4n) is 8.12. The van der Waals surface area contributed by atoms with Crippen LogP contribution in [-0.4, -0.2) is 0 Å². The van der Waals surface area contributed by atoms with Crippen molar-refractivity contribution in [2.24, 2.45) is 0 Å². The van der Waals surface area contributed by atoms with Crippen molar-refractivity contribution in [3.8, 4) is 22.3 Å². The summed E-state index contributed by atoms with van der Waals surface area (Å²) in [5, 5.41) is 9.56. The van der Waals surface area contributed by atoms with Crippen molar-refractivity contribution >= 4 is 92.1 Å². The fourth-order valence-corrected chi connectivity index (χ4v) is 9.25. The van der Waals surface area contributed by atoms with Gasteiger partial charge in [0, 0.05) is 36.6 Å². The van der Waals surface area contributed by atoms with E-state index in [1.54, 1.807) is 0 Å². The lowest BCUT2D eigenvalue weighted by atomic mass is 9.97. The third-order valence-electron chi connectivity index (χ3n) is 10.6. The molecule has 9 aromatic carbocycles. The third-order valence-corrected chi connectivity index (χ3v) is 11.8. The lowest BCUT2D eigenvalue weighted by molar-refractivity contribution is 0.672. The second-order valence-electron chi connectivity index (χ2n) is 13.7. The smallest absolute Gasteiger partial charge is 0.143 e. The van der Waals surface area contributed by atoms with E-state index >= 15 is 0 Å². The van der Waals surface area contributed by atoms with Crippen LogP contribution < -0.4 is 4.90 Å². The van der Waals surface area contributed by atoms with Gasteiger partial charge in [-0.1, -0.05) is 127 Å². The summed E-state index contributed by atoms with van der Waals surface area (Å²) in [7, 11) is 0. The molecule has 53 heavy (non-hydrogen) atoms. The number of benzene rings is 9. The van der Waals surface area contributed by atoms with E-state index in [4.69, 9.17) is 4.42 Å². The lowest BCUT2D eigenvalue weighted by Crippen LogP contribution is -2.10. The predicted molar refractivity (Wildman–Crippen MR) is 227 cm³/mol. The molecular formula is C50H31NOS. The van der Waals surface area contributed by atoms with Crippen molar-refractivity contribution in [3.05, 3.63) is 188 Å². The Kier molecular flexibility index (Phi) is 6.76. The zero-order chi connectivity index (χ0) is 34.9. The van der Waals surface area contributed by atoms with E-state index in [1.807, 2.05) is 11.3 Å². The first-order valence-electron chi connectivity index (χ1n) is 18.0. The van der Waals surface area contributed by atoms with E-state index in [9.17, 15) is 0 Å². The van der Waals surface area contributed by atoms with Crippen LogP contribution in [0.3, 0.4) is 0 Å². The minimum atomic E-state index is 0.878. The van der Waals surface area contributed by atoms with Gasteiger partial charge in [0.05, 0.1) is 16.8 Å². The molecule has 2 aromatic heterocycles. The second kappa shape index (κ2) is 11.9. The van der Waals surface area contributed by atoms with Gasteiger partial charge in [0.25, 0.3) is 0 Å². The van der Waals surface area contributed by atoms with Crippen LogP contribution in [0, 0.1) is 0 Å². The van der Waals surface area contributed by atoms with Gasteiger partial charge in [-0.05, 0) is 99.1 Å². The predicted octanol–water partition coefficient (Wildman–Crippen LogP) is 15.1. The molecule has 0 amide bonds. The van der Waals surface area contributed by atoms with Crippen LogP contribution in [0.2, 0.25) is 0 Å². The Bertz CT molecular complexity index is 3190. The van der Waals surface area contributed by atoms with Crippen molar-refractivity contribution < 1.29 is 4.42 Å². The van der Waals surface area contributed by atoms with Crippen LogP contribution in [0.4, 0.5) is 17.1 Å². The molecule has 0 bridgehead atoms. The van der Waals surface area contributed by atoms with Crippen LogP contribution in [0.5, 0.6) is 0 Å². The molecule has 11 rings (SSSR count). The van der Waals surface area contributed by atoms with Crippen LogP contribution >= 0.6 is 11.3 Å². The monoisotopic (exact) mass is 693 g/mol. The molecule has 0 N–H and O–H groups in total. The number of anilines is 3. The Hall–Kier alpha value is -6.68. The summed E-state index contributed by atoms with van der Waals surface area (Å²) in [5.74, 6) is 0. The Morgan fingerprint density at radius 1 is 0.377 bits per heavy atom. The first kappa shape index (κ1) is 30.0. The molecule has 2 heterocycles. The Balaban J connectivity index is 1.10. The molecule has 0 aliphatic rings. The molecule has 0 unspecified atom stereocenters. The molecule has 2 nitrogen and oxygen atoms in total. The molecule has 248 valence electrons. The first-order chi connectivity index (χ1) is 26.3. The highest BCUT2D eigenvalue weighted by atomic mass is 32.1. The molecule has 0 aliphatic carbocycles. The van der Waals surface area contributed by atoms with Crippen molar-refractivity contribution in [3.63, 3.8) is 0 Å². The number of thiophene rings is 1. The molecule has 11 aromatic rings. The summed E-state index contributed by atoms with van der Waals surface area (Å²) < 4.78 is 9.25. The number of fused-ring (bicyclic) bond motifs is 9. The standard InChI is InChI=1S/C50H31NOS/c1-2-12-35-31-38(23-22-32(35)10-1)37-14-7-13-36(30-37)33-24-27-39(28-25-33)51(44-18-9-21-47-49(44)41-16-5-6-20-46(41)53-47)43-17-8-19-45-48(43)42-29-26-34-11-3-4-15-40(34)50(42)52-45/h1-31H. The molecule has 0 spiro atoms. The molecular weight excluding hydrogens is 663 g/mol. The Labute approximate surface area is 310 Å². The maximum Gasteiger partial charge on any atom is 0.143 e. The minimum Gasteiger partial charge on any atom is -0.455 e. The summed E-state index contributed by atoms with van der Waals surface area (Å²) in [5.41, 5.74) is 9.92. The van der Waals surface area contributed by atoms with Crippen LogP contribution in [0.1, 0.15) is 0 Å². The SMILES string of the molecule is c1cc(-c2ccc(N(c3cccc4oc5c6ccccc6ccc5c34)c3cccc4sc5ccccc5c34)cc2)cc(-c2ccc3ccccc3c2)c1. The maximum absolute atomic E-state index is 6.69. The highest BCUT2D eigenvalue weighted by Gasteiger charge is 2.23. The van der Waals surface area contributed by atoms with E-state index in [0.29, 0.717) is 0 Å². The van der Waals surface area contributed by atoms with Gasteiger partial charge in [-0.25, -0.2) is 0 Å². The van der Waals surface area contributed by atoms with Gasteiger partial charge in [0.2, 0.25) is 0 Å². The highest BCUT2D eigenvalue weighted by Crippen LogP contribution is 2.48. The number of furan rings is 1. The van der Waals surface area contributed by atoms with E-state index in [1.165, 1.54) is 58.6 Å². The summed E-state index contributed by atoms with van der Waals surface area (Å²) in [6.45, 7) is 0.